The van der Waals surface area contributed by atoms with E-state index in [-0.39, 0.29) is 10.8 Å². The first-order chi connectivity index (χ1) is 10.2. The molecule has 0 radical (unpaired) electrons. The van der Waals surface area contributed by atoms with Crippen molar-refractivity contribution >= 4 is 11.6 Å². The van der Waals surface area contributed by atoms with E-state index in [0.717, 1.165) is 24.2 Å². The predicted molar refractivity (Wildman–Crippen MR) is 88.3 cm³/mol. The summed E-state index contributed by atoms with van der Waals surface area (Å²) < 4.78 is 5.79. The van der Waals surface area contributed by atoms with Crippen LogP contribution in [0.15, 0.2) is 48.5 Å². The molecule has 21 heavy (non-hydrogen) atoms. The molecule has 0 spiro atoms. The van der Waals surface area contributed by atoms with Crippen molar-refractivity contribution in [3.63, 3.8) is 0 Å². The minimum absolute atomic E-state index is 0.0404. The smallest absolute Gasteiger partial charge is 0.124 e. The average Bonchev–Trinajstić information content (AvgIpc) is 3.31. The van der Waals surface area contributed by atoms with E-state index in [1.165, 1.54) is 11.1 Å². The minimum Gasteiger partial charge on any atom is -0.494 e. The second-order valence-corrected chi connectivity index (χ2v) is 6.30. The van der Waals surface area contributed by atoms with Crippen LogP contribution in [0.4, 0.5) is 0 Å². The molecule has 0 aliphatic heterocycles. The fourth-order valence-corrected chi connectivity index (χ4v) is 3.56. The van der Waals surface area contributed by atoms with Crippen molar-refractivity contribution in [2.24, 2.45) is 0 Å². The van der Waals surface area contributed by atoms with Crippen LogP contribution in [0.3, 0.4) is 0 Å². The highest BCUT2D eigenvalue weighted by Gasteiger charge is 2.51. The molecular weight excluding hydrogens is 280 g/mol. The summed E-state index contributed by atoms with van der Waals surface area (Å²) in [5, 5.41) is -0.0404. The van der Waals surface area contributed by atoms with E-state index in [2.05, 4.69) is 49.4 Å². The zero-order valence-corrected chi connectivity index (χ0v) is 13.4. The molecule has 3 rings (SSSR count). The fourth-order valence-electron chi connectivity index (χ4n) is 3.04. The molecule has 1 atom stereocenters. The van der Waals surface area contributed by atoms with Crippen LogP contribution in [-0.4, -0.2) is 6.61 Å². The Balaban J connectivity index is 1.99. The second kappa shape index (κ2) is 5.73. The Morgan fingerprint density at radius 3 is 2.48 bits per heavy atom. The van der Waals surface area contributed by atoms with Crippen molar-refractivity contribution < 1.29 is 4.74 Å². The van der Waals surface area contributed by atoms with E-state index in [0.29, 0.717) is 6.61 Å². The molecule has 1 nitrogen and oxygen atoms in total. The van der Waals surface area contributed by atoms with E-state index in [4.69, 9.17) is 16.3 Å². The summed E-state index contributed by atoms with van der Waals surface area (Å²) in [5.41, 5.74) is 3.76. The van der Waals surface area contributed by atoms with Gasteiger partial charge in [-0.25, -0.2) is 0 Å². The SMILES string of the molecule is CCOc1ccc(C)cc1C(Cl)C1(c2ccccc2)CC1. The highest BCUT2D eigenvalue weighted by atomic mass is 35.5. The van der Waals surface area contributed by atoms with Gasteiger partial charge in [0.1, 0.15) is 5.75 Å². The van der Waals surface area contributed by atoms with Gasteiger partial charge < -0.3 is 4.74 Å². The van der Waals surface area contributed by atoms with Crippen molar-refractivity contribution in [2.75, 3.05) is 6.61 Å². The highest BCUT2D eigenvalue weighted by molar-refractivity contribution is 6.22. The molecule has 2 aromatic carbocycles. The van der Waals surface area contributed by atoms with Crippen molar-refractivity contribution in [3.8, 4) is 5.75 Å². The maximum absolute atomic E-state index is 6.93. The Morgan fingerprint density at radius 2 is 1.86 bits per heavy atom. The van der Waals surface area contributed by atoms with Gasteiger partial charge in [-0.15, -0.1) is 11.6 Å². The normalized spacial score (nSPS) is 17.3. The number of aryl methyl sites for hydroxylation is 1. The van der Waals surface area contributed by atoms with Gasteiger partial charge in [0.15, 0.2) is 0 Å². The van der Waals surface area contributed by atoms with Gasteiger partial charge in [-0.1, -0.05) is 48.0 Å². The Labute approximate surface area is 131 Å². The van der Waals surface area contributed by atoms with Crippen molar-refractivity contribution in [1.29, 1.82) is 0 Å². The zero-order chi connectivity index (χ0) is 14.9. The number of hydrogen-bond acceptors (Lipinski definition) is 1. The van der Waals surface area contributed by atoms with Gasteiger partial charge in [0.05, 0.1) is 12.0 Å². The van der Waals surface area contributed by atoms with E-state index in [1.807, 2.05) is 13.0 Å². The Kier molecular flexibility index (Phi) is 3.95. The lowest BCUT2D eigenvalue weighted by atomic mass is 9.87. The molecule has 0 bridgehead atoms. The molecule has 1 saturated carbocycles. The van der Waals surface area contributed by atoms with Crippen LogP contribution in [0, 0.1) is 6.92 Å². The monoisotopic (exact) mass is 300 g/mol. The third-order valence-electron chi connectivity index (χ3n) is 4.36. The van der Waals surface area contributed by atoms with Crippen molar-refractivity contribution in [1.82, 2.24) is 0 Å². The fraction of sp³-hybridized carbons (Fsp3) is 0.368. The van der Waals surface area contributed by atoms with Gasteiger partial charge in [-0.2, -0.15) is 0 Å². The van der Waals surface area contributed by atoms with Gasteiger partial charge >= 0.3 is 0 Å². The van der Waals surface area contributed by atoms with Crippen LogP contribution in [-0.2, 0) is 5.41 Å². The van der Waals surface area contributed by atoms with E-state index in [1.54, 1.807) is 0 Å². The van der Waals surface area contributed by atoms with Crippen LogP contribution in [0.2, 0.25) is 0 Å². The number of alkyl halides is 1. The predicted octanol–water partition coefficient (Wildman–Crippen LogP) is 5.41. The topological polar surface area (TPSA) is 9.23 Å². The molecule has 0 heterocycles. The average molecular weight is 301 g/mol. The maximum Gasteiger partial charge on any atom is 0.124 e. The molecule has 2 heteroatoms. The molecule has 1 fully saturated rings. The number of rotatable bonds is 5. The van der Waals surface area contributed by atoms with Gasteiger partial charge in [0.25, 0.3) is 0 Å². The molecule has 2 aromatic rings. The quantitative estimate of drug-likeness (QED) is 0.671. The molecule has 1 aliphatic carbocycles. The Morgan fingerprint density at radius 1 is 1.14 bits per heavy atom. The third kappa shape index (κ3) is 2.67. The minimum atomic E-state index is -0.0404. The third-order valence-corrected chi connectivity index (χ3v) is 5.01. The molecule has 0 N–H and O–H groups in total. The van der Waals surface area contributed by atoms with Crippen molar-refractivity contribution in [2.45, 2.75) is 37.5 Å². The van der Waals surface area contributed by atoms with Gasteiger partial charge in [-0.05, 0) is 38.3 Å². The van der Waals surface area contributed by atoms with E-state index >= 15 is 0 Å². The van der Waals surface area contributed by atoms with Crippen LogP contribution in [0.5, 0.6) is 5.75 Å². The first kappa shape index (κ1) is 14.5. The van der Waals surface area contributed by atoms with Crippen LogP contribution in [0.25, 0.3) is 0 Å². The summed E-state index contributed by atoms with van der Waals surface area (Å²) in [5.74, 6) is 0.922. The van der Waals surface area contributed by atoms with Crippen LogP contribution in [0.1, 0.15) is 41.8 Å². The summed E-state index contributed by atoms with van der Waals surface area (Å²) in [4.78, 5) is 0. The summed E-state index contributed by atoms with van der Waals surface area (Å²) in [6, 6.07) is 16.9. The van der Waals surface area contributed by atoms with E-state index < -0.39 is 0 Å². The lowest BCUT2D eigenvalue weighted by Gasteiger charge is -2.24. The molecular formula is C19H21ClO. The summed E-state index contributed by atoms with van der Waals surface area (Å²) in [7, 11) is 0. The largest absolute Gasteiger partial charge is 0.494 e. The summed E-state index contributed by atoms with van der Waals surface area (Å²) in [6.07, 6.45) is 2.29. The first-order valence-electron chi connectivity index (χ1n) is 7.60. The van der Waals surface area contributed by atoms with E-state index in [9.17, 15) is 0 Å². The number of hydrogen-bond donors (Lipinski definition) is 0. The first-order valence-corrected chi connectivity index (χ1v) is 8.04. The summed E-state index contributed by atoms with van der Waals surface area (Å²) >= 11 is 6.93. The molecule has 1 unspecified atom stereocenters. The molecule has 0 aromatic heterocycles. The maximum atomic E-state index is 6.93. The Bertz CT molecular complexity index is 617. The standard InChI is InChI=1S/C19H21ClO/c1-3-21-17-10-9-14(2)13-16(17)18(20)19(11-12-19)15-7-5-4-6-8-15/h4-10,13,18H,3,11-12H2,1-2H3. The molecule has 110 valence electrons. The second-order valence-electron chi connectivity index (χ2n) is 5.86. The molecule has 1 aliphatic rings. The van der Waals surface area contributed by atoms with Gasteiger partial charge in [0.2, 0.25) is 0 Å². The molecule has 0 amide bonds. The van der Waals surface area contributed by atoms with Crippen LogP contribution >= 0.6 is 11.6 Å². The number of halogens is 1. The zero-order valence-electron chi connectivity index (χ0n) is 12.6. The van der Waals surface area contributed by atoms with Gasteiger partial charge in [-0.3, -0.25) is 0 Å². The Hall–Kier alpha value is -1.47. The molecule has 0 saturated heterocycles. The summed E-state index contributed by atoms with van der Waals surface area (Å²) in [6.45, 7) is 4.78. The number of ether oxygens (including phenoxy) is 1. The van der Waals surface area contributed by atoms with Gasteiger partial charge in [0, 0.05) is 11.0 Å². The lowest BCUT2D eigenvalue weighted by molar-refractivity contribution is 0.334. The van der Waals surface area contributed by atoms with Crippen molar-refractivity contribution in [3.05, 3.63) is 65.2 Å². The highest BCUT2D eigenvalue weighted by Crippen LogP contribution is 2.60. The van der Waals surface area contributed by atoms with Crippen LogP contribution < -0.4 is 4.74 Å². The lowest BCUT2D eigenvalue weighted by Crippen LogP contribution is -2.15. The number of benzene rings is 2.